The molecule has 0 atom stereocenters. The molecule has 5 nitrogen and oxygen atoms in total. The lowest BCUT2D eigenvalue weighted by Crippen LogP contribution is -2.48. The average molecular weight is 322 g/mol. The van der Waals surface area contributed by atoms with E-state index in [1.54, 1.807) is 14.2 Å². The lowest BCUT2D eigenvalue weighted by Gasteiger charge is -2.31. The molecular weight excluding hydrogens is 292 g/mol. The Hall–Kier alpha value is -1.91. The van der Waals surface area contributed by atoms with Crippen LogP contribution in [0.25, 0.3) is 0 Å². The lowest BCUT2D eigenvalue weighted by atomic mass is 9.94. The van der Waals surface area contributed by atoms with E-state index in [1.165, 1.54) is 0 Å². The number of carbonyl (C=O) groups is 1. The molecule has 1 N–H and O–H groups in total. The first-order chi connectivity index (χ1) is 10.9. The second-order valence-corrected chi connectivity index (χ2v) is 6.11. The Kier molecular flexibility index (Phi) is 7.20. The Morgan fingerprint density at radius 1 is 1.09 bits per heavy atom. The summed E-state index contributed by atoms with van der Waals surface area (Å²) in [6.45, 7) is 9.67. The number of nitrogens with one attached hydrogen (secondary N) is 1. The highest BCUT2D eigenvalue weighted by Crippen LogP contribution is 2.32. The molecule has 0 aliphatic rings. The summed E-state index contributed by atoms with van der Waals surface area (Å²) in [5.41, 5.74) is 0.465. The third kappa shape index (κ3) is 5.05. The zero-order chi connectivity index (χ0) is 17.5. The first-order valence-corrected chi connectivity index (χ1v) is 8.19. The van der Waals surface area contributed by atoms with Crippen molar-refractivity contribution in [3.63, 3.8) is 0 Å². The van der Waals surface area contributed by atoms with Gasteiger partial charge in [0, 0.05) is 13.1 Å². The summed E-state index contributed by atoms with van der Waals surface area (Å²) in [5.74, 6) is 1.34. The number of amides is 2. The normalized spacial score (nSPS) is 11.0. The molecule has 1 aromatic carbocycles. The molecule has 1 rings (SSSR count). The number of hydrogen-bond donors (Lipinski definition) is 1. The first kappa shape index (κ1) is 19.1. The smallest absolute Gasteiger partial charge is 0.318 e. The van der Waals surface area contributed by atoms with Gasteiger partial charge in [-0.05, 0) is 44.4 Å². The monoisotopic (exact) mass is 322 g/mol. The highest BCUT2D eigenvalue weighted by Gasteiger charge is 2.26. The molecule has 1 aromatic rings. The van der Waals surface area contributed by atoms with Crippen LogP contribution in [0.1, 0.15) is 46.1 Å². The number of ether oxygens (including phenoxy) is 2. The molecule has 0 unspecified atom stereocenters. The summed E-state index contributed by atoms with van der Waals surface area (Å²) in [6, 6.07) is 5.68. The van der Waals surface area contributed by atoms with E-state index in [0.29, 0.717) is 11.5 Å². The van der Waals surface area contributed by atoms with Crippen LogP contribution in [-0.2, 0) is 5.54 Å². The minimum atomic E-state index is -0.504. The lowest BCUT2D eigenvalue weighted by molar-refractivity contribution is 0.186. The second-order valence-electron chi connectivity index (χ2n) is 6.11. The van der Waals surface area contributed by atoms with Crippen molar-refractivity contribution in [3.05, 3.63) is 23.8 Å². The molecule has 23 heavy (non-hydrogen) atoms. The first-order valence-electron chi connectivity index (χ1n) is 8.19. The van der Waals surface area contributed by atoms with Crippen molar-refractivity contribution in [3.8, 4) is 11.5 Å². The SMILES string of the molecule is CCCN(CCC)C(=O)NC(C)(C)c1ccc(OC)c(OC)c1. The minimum absolute atomic E-state index is 0.0338. The van der Waals surface area contributed by atoms with E-state index >= 15 is 0 Å². The molecule has 0 saturated carbocycles. The summed E-state index contributed by atoms with van der Waals surface area (Å²) in [7, 11) is 3.22. The van der Waals surface area contributed by atoms with E-state index in [9.17, 15) is 4.79 Å². The average Bonchev–Trinajstić information content (AvgIpc) is 2.53. The van der Waals surface area contributed by atoms with Gasteiger partial charge in [-0.25, -0.2) is 4.79 Å². The molecule has 0 aliphatic carbocycles. The van der Waals surface area contributed by atoms with Crippen LogP contribution in [0.5, 0.6) is 11.5 Å². The Morgan fingerprint density at radius 2 is 1.65 bits per heavy atom. The predicted octanol–water partition coefficient (Wildman–Crippen LogP) is 3.77. The molecule has 5 heteroatoms. The Morgan fingerprint density at radius 3 is 2.13 bits per heavy atom. The van der Waals surface area contributed by atoms with Crippen LogP contribution < -0.4 is 14.8 Å². The van der Waals surface area contributed by atoms with Crippen LogP contribution in [0.2, 0.25) is 0 Å². The standard InChI is InChI=1S/C18H30N2O3/c1-7-11-20(12-8-2)17(21)19-18(3,4)14-9-10-15(22-5)16(13-14)23-6/h9-10,13H,7-8,11-12H2,1-6H3,(H,19,21). The van der Waals surface area contributed by atoms with Crippen LogP contribution in [0, 0.1) is 0 Å². The van der Waals surface area contributed by atoms with Gasteiger partial charge in [-0.2, -0.15) is 0 Å². The van der Waals surface area contributed by atoms with Crippen LogP contribution in [0.15, 0.2) is 18.2 Å². The fraction of sp³-hybridized carbons (Fsp3) is 0.611. The van der Waals surface area contributed by atoms with Crippen molar-refractivity contribution in [2.24, 2.45) is 0 Å². The van der Waals surface area contributed by atoms with Gasteiger partial charge in [-0.15, -0.1) is 0 Å². The molecule has 0 fully saturated rings. The van der Waals surface area contributed by atoms with Gasteiger partial charge in [-0.3, -0.25) is 0 Å². The molecule has 0 spiro atoms. The zero-order valence-corrected chi connectivity index (χ0v) is 15.2. The maximum Gasteiger partial charge on any atom is 0.318 e. The molecular formula is C18H30N2O3. The van der Waals surface area contributed by atoms with Gasteiger partial charge in [0.2, 0.25) is 0 Å². The molecule has 2 amide bonds. The molecule has 0 aliphatic heterocycles. The number of urea groups is 1. The van der Waals surface area contributed by atoms with Gasteiger partial charge in [0.1, 0.15) is 0 Å². The zero-order valence-electron chi connectivity index (χ0n) is 15.2. The summed E-state index contributed by atoms with van der Waals surface area (Å²) in [4.78, 5) is 14.4. The highest BCUT2D eigenvalue weighted by atomic mass is 16.5. The van der Waals surface area contributed by atoms with E-state index in [-0.39, 0.29) is 6.03 Å². The largest absolute Gasteiger partial charge is 0.493 e. The fourth-order valence-corrected chi connectivity index (χ4v) is 2.50. The number of benzene rings is 1. The summed E-state index contributed by atoms with van der Waals surface area (Å²) < 4.78 is 10.6. The fourth-order valence-electron chi connectivity index (χ4n) is 2.50. The van der Waals surface area contributed by atoms with Crippen molar-refractivity contribution in [2.75, 3.05) is 27.3 Å². The number of methoxy groups -OCH3 is 2. The molecule has 0 aromatic heterocycles. The summed E-state index contributed by atoms with van der Waals surface area (Å²) in [5, 5.41) is 3.12. The Bertz CT molecular complexity index is 509. The van der Waals surface area contributed by atoms with Crippen LogP contribution in [0.3, 0.4) is 0 Å². The van der Waals surface area contributed by atoms with Crippen LogP contribution >= 0.6 is 0 Å². The van der Waals surface area contributed by atoms with Gasteiger partial charge >= 0.3 is 6.03 Å². The molecule has 0 bridgehead atoms. The van der Waals surface area contributed by atoms with Crippen LogP contribution in [-0.4, -0.2) is 38.2 Å². The van der Waals surface area contributed by atoms with E-state index in [4.69, 9.17) is 9.47 Å². The minimum Gasteiger partial charge on any atom is -0.493 e. The second kappa shape index (κ2) is 8.65. The topological polar surface area (TPSA) is 50.8 Å². The summed E-state index contributed by atoms with van der Waals surface area (Å²) in [6.07, 6.45) is 1.90. The van der Waals surface area contributed by atoms with E-state index < -0.39 is 5.54 Å². The third-order valence-electron chi connectivity index (χ3n) is 3.80. The molecule has 0 heterocycles. The predicted molar refractivity (Wildman–Crippen MR) is 93.3 cm³/mol. The number of hydrogen-bond acceptors (Lipinski definition) is 3. The quantitative estimate of drug-likeness (QED) is 0.792. The molecule has 0 saturated heterocycles. The van der Waals surface area contributed by atoms with Crippen molar-refractivity contribution < 1.29 is 14.3 Å². The van der Waals surface area contributed by atoms with Crippen molar-refractivity contribution in [2.45, 2.75) is 46.1 Å². The van der Waals surface area contributed by atoms with Crippen molar-refractivity contribution in [1.82, 2.24) is 10.2 Å². The number of nitrogens with zero attached hydrogens (tertiary/aromatic N) is 1. The van der Waals surface area contributed by atoms with E-state index in [1.807, 2.05) is 36.9 Å². The molecule has 0 radical (unpaired) electrons. The van der Waals surface area contributed by atoms with Gasteiger partial charge in [0.25, 0.3) is 0 Å². The Labute approximate surface area is 140 Å². The van der Waals surface area contributed by atoms with Gasteiger partial charge in [0.15, 0.2) is 11.5 Å². The van der Waals surface area contributed by atoms with Crippen LogP contribution in [0.4, 0.5) is 4.79 Å². The number of rotatable bonds is 8. The highest BCUT2D eigenvalue weighted by molar-refractivity contribution is 5.75. The van der Waals surface area contributed by atoms with Gasteiger partial charge in [0.05, 0.1) is 19.8 Å². The van der Waals surface area contributed by atoms with Gasteiger partial charge < -0.3 is 19.7 Å². The maximum atomic E-state index is 12.5. The van der Waals surface area contributed by atoms with E-state index in [0.717, 1.165) is 31.5 Å². The summed E-state index contributed by atoms with van der Waals surface area (Å²) >= 11 is 0. The van der Waals surface area contributed by atoms with Crippen molar-refractivity contribution >= 4 is 6.03 Å². The maximum absolute atomic E-state index is 12.5. The van der Waals surface area contributed by atoms with Crippen molar-refractivity contribution in [1.29, 1.82) is 0 Å². The van der Waals surface area contributed by atoms with E-state index in [2.05, 4.69) is 19.2 Å². The third-order valence-corrected chi connectivity index (χ3v) is 3.80. The van der Waals surface area contributed by atoms with Gasteiger partial charge in [-0.1, -0.05) is 19.9 Å². The molecule has 130 valence electrons. The Balaban J connectivity index is 2.95. The number of carbonyl (C=O) groups excluding carboxylic acids is 1.